The fraction of sp³-hybridized carbons (Fsp3) is 0.400. The van der Waals surface area contributed by atoms with E-state index in [-0.39, 0.29) is 5.82 Å². The van der Waals surface area contributed by atoms with E-state index in [0.29, 0.717) is 23.6 Å². The third-order valence-electron chi connectivity index (χ3n) is 3.52. The maximum atomic E-state index is 14.0. The van der Waals surface area contributed by atoms with Crippen molar-refractivity contribution in [3.63, 3.8) is 0 Å². The van der Waals surface area contributed by atoms with Crippen LogP contribution in [-0.2, 0) is 6.54 Å². The van der Waals surface area contributed by atoms with Crippen LogP contribution in [0.5, 0.6) is 5.75 Å². The van der Waals surface area contributed by atoms with Crippen LogP contribution < -0.4 is 10.1 Å². The Bertz CT molecular complexity index is 593. The minimum absolute atomic E-state index is 0.314. The first-order valence-corrected chi connectivity index (χ1v) is 6.85. The molecule has 0 spiro atoms. The van der Waals surface area contributed by atoms with E-state index in [0.717, 1.165) is 18.3 Å². The number of aromatic amines is 1. The number of benzene rings is 1. The third-order valence-corrected chi connectivity index (χ3v) is 3.52. The lowest BCUT2D eigenvalue weighted by atomic mass is 10.1. The summed E-state index contributed by atoms with van der Waals surface area (Å²) < 4.78 is 19.2. The summed E-state index contributed by atoms with van der Waals surface area (Å²) >= 11 is 0. The molecule has 5 heteroatoms. The summed E-state index contributed by atoms with van der Waals surface area (Å²) in [7, 11) is 1.53. The molecule has 3 rings (SSSR count). The topological polar surface area (TPSA) is 49.9 Å². The Labute approximate surface area is 117 Å². The Morgan fingerprint density at radius 2 is 2.30 bits per heavy atom. The molecule has 0 unspecified atom stereocenters. The van der Waals surface area contributed by atoms with Crippen LogP contribution in [0.15, 0.2) is 24.4 Å². The van der Waals surface area contributed by atoms with Crippen LogP contribution in [0.1, 0.15) is 18.7 Å². The molecule has 1 aromatic carbocycles. The van der Waals surface area contributed by atoms with Gasteiger partial charge in [0.05, 0.1) is 31.1 Å². The monoisotopic (exact) mass is 275 g/mol. The molecule has 0 aliphatic heterocycles. The summed E-state index contributed by atoms with van der Waals surface area (Å²) in [6, 6.07) is 4.79. The Morgan fingerprint density at radius 3 is 3.05 bits per heavy atom. The van der Waals surface area contributed by atoms with E-state index in [1.807, 2.05) is 0 Å². The molecule has 2 aromatic rings. The van der Waals surface area contributed by atoms with E-state index in [4.69, 9.17) is 4.74 Å². The highest BCUT2D eigenvalue weighted by molar-refractivity contribution is 5.67. The lowest BCUT2D eigenvalue weighted by molar-refractivity contribution is 0.413. The predicted molar refractivity (Wildman–Crippen MR) is 75.0 cm³/mol. The highest BCUT2D eigenvalue weighted by atomic mass is 19.1. The van der Waals surface area contributed by atoms with E-state index >= 15 is 0 Å². The molecule has 1 fully saturated rings. The summed E-state index contributed by atoms with van der Waals surface area (Å²) in [4.78, 5) is 7.43. The van der Waals surface area contributed by atoms with E-state index in [1.165, 1.54) is 26.0 Å². The molecule has 1 heterocycles. The molecule has 0 amide bonds. The number of aromatic nitrogens is 2. The van der Waals surface area contributed by atoms with Gasteiger partial charge in [-0.2, -0.15) is 0 Å². The average Bonchev–Trinajstić information content (AvgIpc) is 3.16. The van der Waals surface area contributed by atoms with Gasteiger partial charge in [-0.25, -0.2) is 9.37 Å². The second-order valence-corrected chi connectivity index (χ2v) is 5.13. The molecule has 2 N–H and O–H groups in total. The largest absolute Gasteiger partial charge is 0.496 e. The molecule has 106 valence electrons. The van der Waals surface area contributed by atoms with Crippen LogP contribution in [0.2, 0.25) is 0 Å². The fourth-order valence-corrected chi connectivity index (χ4v) is 2.23. The number of H-pyrrole nitrogens is 1. The number of nitrogens with zero attached hydrogens (tertiary/aromatic N) is 1. The summed E-state index contributed by atoms with van der Waals surface area (Å²) in [6.07, 6.45) is 4.29. The first-order valence-electron chi connectivity index (χ1n) is 6.85. The molecule has 1 aliphatic rings. The van der Waals surface area contributed by atoms with Gasteiger partial charge in [-0.1, -0.05) is 6.07 Å². The average molecular weight is 275 g/mol. The Balaban J connectivity index is 1.75. The summed E-state index contributed by atoms with van der Waals surface area (Å²) in [5, 5.41) is 3.35. The molecule has 1 aromatic heterocycles. The van der Waals surface area contributed by atoms with Crippen molar-refractivity contribution in [1.29, 1.82) is 0 Å². The van der Waals surface area contributed by atoms with Crippen molar-refractivity contribution in [2.75, 3.05) is 13.7 Å². The first kappa shape index (κ1) is 13.1. The minimum atomic E-state index is -0.314. The van der Waals surface area contributed by atoms with Gasteiger partial charge >= 0.3 is 0 Å². The molecule has 0 radical (unpaired) electrons. The van der Waals surface area contributed by atoms with Crippen molar-refractivity contribution in [2.45, 2.75) is 19.4 Å². The molecular weight excluding hydrogens is 257 g/mol. The number of nitrogens with one attached hydrogen (secondary N) is 2. The Hall–Kier alpha value is -1.88. The van der Waals surface area contributed by atoms with Crippen molar-refractivity contribution in [3.8, 4) is 17.0 Å². The fourth-order valence-electron chi connectivity index (χ4n) is 2.23. The number of imidazole rings is 1. The van der Waals surface area contributed by atoms with E-state index in [2.05, 4.69) is 15.3 Å². The number of ether oxygens (including phenoxy) is 1. The van der Waals surface area contributed by atoms with Crippen LogP contribution in [0, 0.1) is 11.7 Å². The quantitative estimate of drug-likeness (QED) is 0.852. The number of hydrogen-bond donors (Lipinski definition) is 2. The van der Waals surface area contributed by atoms with Crippen molar-refractivity contribution < 1.29 is 9.13 Å². The molecule has 4 nitrogen and oxygen atoms in total. The van der Waals surface area contributed by atoms with Crippen molar-refractivity contribution in [1.82, 2.24) is 15.3 Å². The number of rotatable bonds is 6. The maximum Gasteiger partial charge on any atom is 0.136 e. The van der Waals surface area contributed by atoms with Crippen molar-refractivity contribution >= 4 is 0 Å². The van der Waals surface area contributed by atoms with E-state index in [1.54, 1.807) is 18.3 Å². The molecule has 0 saturated heterocycles. The van der Waals surface area contributed by atoms with Crippen LogP contribution in [-0.4, -0.2) is 23.6 Å². The maximum absolute atomic E-state index is 14.0. The van der Waals surface area contributed by atoms with Crippen LogP contribution >= 0.6 is 0 Å². The third kappa shape index (κ3) is 2.82. The van der Waals surface area contributed by atoms with Gasteiger partial charge in [0.25, 0.3) is 0 Å². The van der Waals surface area contributed by atoms with Gasteiger partial charge in [-0.3, -0.25) is 0 Å². The summed E-state index contributed by atoms with van der Waals surface area (Å²) in [5.74, 6) is 1.83. The molecule has 20 heavy (non-hydrogen) atoms. The van der Waals surface area contributed by atoms with Gasteiger partial charge in [-0.05, 0) is 37.4 Å². The zero-order valence-corrected chi connectivity index (χ0v) is 11.4. The standard InChI is InChI=1S/C15H18FN3O/c1-20-13-4-2-3-11(16)15(13)12-8-18-14(19-12)9-17-7-10-5-6-10/h2-4,8,10,17H,5-7,9H2,1H3,(H,18,19). The van der Waals surface area contributed by atoms with Gasteiger partial charge in [0, 0.05) is 0 Å². The predicted octanol–water partition coefficient (Wildman–Crippen LogP) is 2.72. The molecular formula is C15H18FN3O. The van der Waals surface area contributed by atoms with Crippen molar-refractivity contribution in [2.24, 2.45) is 5.92 Å². The van der Waals surface area contributed by atoms with Gasteiger partial charge in [0.1, 0.15) is 17.4 Å². The highest BCUT2D eigenvalue weighted by Gasteiger charge is 2.20. The van der Waals surface area contributed by atoms with Gasteiger partial charge in [0.15, 0.2) is 0 Å². The summed E-state index contributed by atoms with van der Waals surface area (Å²) in [6.45, 7) is 1.70. The van der Waals surface area contributed by atoms with Crippen LogP contribution in [0.25, 0.3) is 11.3 Å². The smallest absolute Gasteiger partial charge is 0.136 e. The zero-order chi connectivity index (χ0) is 13.9. The van der Waals surface area contributed by atoms with Crippen molar-refractivity contribution in [3.05, 3.63) is 36.0 Å². The lowest BCUT2D eigenvalue weighted by Crippen LogP contribution is -2.16. The highest BCUT2D eigenvalue weighted by Crippen LogP contribution is 2.31. The Morgan fingerprint density at radius 1 is 1.45 bits per heavy atom. The number of hydrogen-bond acceptors (Lipinski definition) is 3. The zero-order valence-electron chi connectivity index (χ0n) is 11.4. The molecule has 1 saturated carbocycles. The summed E-state index contributed by atoms with van der Waals surface area (Å²) in [5.41, 5.74) is 1.07. The second kappa shape index (κ2) is 5.63. The number of methoxy groups -OCH3 is 1. The molecule has 0 bridgehead atoms. The van der Waals surface area contributed by atoms with Crippen LogP contribution in [0.3, 0.4) is 0 Å². The van der Waals surface area contributed by atoms with E-state index in [9.17, 15) is 4.39 Å². The number of halogens is 1. The lowest BCUT2D eigenvalue weighted by Gasteiger charge is -2.07. The first-order chi connectivity index (χ1) is 9.78. The van der Waals surface area contributed by atoms with E-state index < -0.39 is 0 Å². The molecule has 1 aliphatic carbocycles. The normalized spacial score (nSPS) is 14.5. The SMILES string of the molecule is COc1cccc(F)c1-c1cnc(CNCC2CC2)[nH]1. The van der Waals surface area contributed by atoms with Crippen LogP contribution in [0.4, 0.5) is 4.39 Å². The van der Waals surface area contributed by atoms with Gasteiger partial charge < -0.3 is 15.0 Å². The van der Waals surface area contributed by atoms with Gasteiger partial charge in [-0.15, -0.1) is 0 Å². The molecule has 0 atom stereocenters. The second-order valence-electron chi connectivity index (χ2n) is 5.13. The minimum Gasteiger partial charge on any atom is -0.496 e. The Kier molecular flexibility index (Phi) is 3.69. The van der Waals surface area contributed by atoms with Gasteiger partial charge in [0.2, 0.25) is 0 Å².